The summed E-state index contributed by atoms with van der Waals surface area (Å²) in [4.78, 5) is 0.303. The number of aliphatic hydroxyl groups is 1. The van der Waals surface area contributed by atoms with Crippen molar-refractivity contribution in [2.24, 2.45) is 0 Å². The summed E-state index contributed by atoms with van der Waals surface area (Å²) in [5.74, 6) is 0. The number of sulfonamides is 1. The second-order valence-electron chi connectivity index (χ2n) is 5.89. The summed E-state index contributed by atoms with van der Waals surface area (Å²) in [6.45, 7) is 3.77. The first-order chi connectivity index (χ1) is 9.90. The van der Waals surface area contributed by atoms with Gasteiger partial charge in [0.25, 0.3) is 0 Å². The van der Waals surface area contributed by atoms with Crippen LogP contribution in [0.3, 0.4) is 0 Å². The Balaban J connectivity index is 2.16. The van der Waals surface area contributed by atoms with E-state index >= 15 is 0 Å². The van der Waals surface area contributed by atoms with Crippen LogP contribution in [0, 0.1) is 0 Å². The molecule has 0 spiro atoms. The summed E-state index contributed by atoms with van der Waals surface area (Å²) in [5, 5.41) is 10.2. The molecule has 4 nitrogen and oxygen atoms in total. The second-order valence-corrected chi connectivity index (χ2v) is 7.66. The summed E-state index contributed by atoms with van der Waals surface area (Å²) in [6.07, 6.45) is 5.33. The van der Waals surface area contributed by atoms with E-state index in [0.717, 1.165) is 24.8 Å². The Hall–Kier alpha value is -0.910. The van der Waals surface area contributed by atoms with Crippen LogP contribution in [0.1, 0.15) is 50.7 Å². The van der Waals surface area contributed by atoms with Crippen LogP contribution in [0.15, 0.2) is 23.1 Å². The number of aryl methyl sites for hydroxylation is 2. The van der Waals surface area contributed by atoms with Crippen molar-refractivity contribution in [3.8, 4) is 0 Å². The first-order valence-corrected chi connectivity index (χ1v) is 9.22. The highest BCUT2D eigenvalue weighted by Crippen LogP contribution is 2.24. The van der Waals surface area contributed by atoms with Crippen molar-refractivity contribution in [1.29, 1.82) is 0 Å². The monoisotopic (exact) mass is 311 g/mol. The lowest BCUT2D eigenvalue weighted by atomic mass is 9.92. The Kier molecular flexibility index (Phi) is 5.07. The lowest BCUT2D eigenvalue weighted by Crippen LogP contribution is -2.42. The van der Waals surface area contributed by atoms with Gasteiger partial charge in [0.15, 0.2) is 0 Å². The highest BCUT2D eigenvalue weighted by atomic mass is 32.2. The highest BCUT2D eigenvalue weighted by molar-refractivity contribution is 7.89. The molecule has 2 N–H and O–H groups in total. The van der Waals surface area contributed by atoms with Gasteiger partial charge in [-0.05, 0) is 61.8 Å². The lowest BCUT2D eigenvalue weighted by Gasteiger charge is -2.25. The van der Waals surface area contributed by atoms with E-state index in [0.29, 0.717) is 17.7 Å². The van der Waals surface area contributed by atoms with Crippen LogP contribution >= 0.6 is 0 Å². The Bertz CT molecular complexity index is 592. The molecule has 0 atom stereocenters. The summed E-state index contributed by atoms with van der Waals surface area (Å²) >= 11 is 0. The van der Waals surface area contributed by atoms with Crippen molar-refractivity contribution in [2.45, 2.75) is 62.9 Å². The van der Waals surface area contributed by atoms with Crippen molar-refractivity contribution in [3.05, 3.63) is 29.3 Å². The molecule has 0 saturated heterocycles. The van der Waals surface area contributed by atoms with Crippen LogP contribution in [0.2, 0.25) is 0 Å². The third-order valence-corrected chi connectivity index (χ3v) is 5.94. The maximum Gasteiger partial charge on any atom is 0.240 e. The van der Waals surface area contributed by atoms with Crippen molar-refractivity contribution in [1.82, 2.24) is 4.72 Å². The fraction of sp³-hybridized carbons (Fsp3) is 0.625. The summed E-state index contributed by atoms with van der Waals surface area (Å²) in [6, 6.07) is 5.38. The van der Waals surface area contributed by atoms with Crippen LogP contribution in [-0.2, 0) is 22.9 Å². The average molecular weight is 311 g/mol. The SMILES string of the molecule is CCC(O)(CC)CNS(=O)(=O)c1ccc2c(c1)CCCC2. The number of nitrogens with one attached hydrogen (secondary N) is 1. The van der Waals surface area contributed by atoms with Crippen molar-refractivity contribution < 1.29 is 13.5 Å². The summed E-state index contributed by atoms with van der Waals surface area (Å²) < 4.78 is 27.3. The van der Waals surface area contributed by atoms with E-state index in [-0.39, 0.29) is 6.54 Å². The minimum atomic E-state index is -3.56. The number of hydrogen-bond acceptors (Lipinski definition) is 3. The minimum absolute atomic E-state index is 0.0550. The van der Waals surface area contributed by atoms with Gasteiger partial charge in [0.1, 0.15) is 0 Å². The van der Waals surface area contributed by atoms with Crippen molar-refractivity contribution in [2.75, 3.05) is 6.54 Å². The van der Waals surface area contributed by atoms with Crippen LogP contribution in [0.25, 0.3) is 0 Å². The predicted octanol–water partition coefficient (Wildman–Crippen LogP) is 2.39. The van der Waals surface area contributed by atoms with Crippen molar-refractivity contribution >= 4 is 10.0 Å². The van der Waals surface area contributed by atoms with Crippen LogP contribution < -0.4 is 4.72 Å². The van der Waals surface area contributed by atoms with Gasteiger partial charge in [-0.2, -0.15) is 0 Å². The normalized spacial score (nSPS) is 15.8. The smallest absolute Gasteiger partial charge is 0.240 e. The average Bonchev–Trinajstić information content (AvgIpc) is 2.52. The molecule has 0 amide bonds. The Labute approximate surface area is 127 Å². The third kappa shape index (κ3) is 3.84. The number of rotatable bonds is 6. The molecule has 118 valence electrons. The van der Waals surface area contributed by atoms with E-state index in [4.69, 9.17) is 0 Å². The van der Waals surface area contributed by atoms with E-state index in [9.17, 15) is 13.5 Å². The van der Waals surface area contributed by atoms with E-state index in [1.165, 1.54) is 12.0 Å². The Morgan fingerprint density at radius 1 is 1.14 bits per heavy atom. The van der Waals surface area contributed by atoms with Gasteiger partial charge in [-0.1, -0.05) is 19.9 Å². The molecule has 0 saturated carbocycles. The van der Waals surface area contributed by atoms with Gasteiger partial charge in [0, 0.05) is 6.54 Å². The zero-order valence-electron chi connectivity index (χ0n) is 12.9. The summed E-state index contributed by atoms with van der Waals surface area (Å²) in [7, 11) is -3.56. The highest BCUT2D eigenvalue weighted by Gasteiger charge is 2.26. The Morgan fingerprint density at radius 2 is 1.76 bits per heavy atom. The number of fused-ring (bicyclic) bond motifs is 1. The quantitative estimate of drug-likeness (QED) is 0.848. The van der Waals surface area contributed by atoms with E-state index in [1.807, 2.05) is 19.9 Å². The maximum absolute atomic E-state index is 12.4. The van der Waals surface area contributed by atoms with Gasteiger partial charge in [-0.25, -0.2) is 13.1 Å². The molecule has 0 radical (unpaired) electrons. The zero-order chi connectivity index (χ0) is 15.5. The third-order valence-electron chi connectivity index (χ3n) is 4.54. The number of benzene rings is 1. The largest absolute Gasteiger partial charge is 0.389 e. The van der Waals surface area contributed by atoms with Crippen molar-refractivity contribution in [3.63, 3.8) is 0 Å². The molecule has 0 heterocycles. The van der Waals surface area contributed by atoms with Crippen LogP contribution in [0.4, 0.5) is 0 Å². The fourth-order valence-corrected chi connectivity index (χ4v) is 3.86. The summed E-state index contributed by atoms with van der Waals surface area (Å²) in [5.41, 5.74) is 1.44. The van der Waals surface area contributed by atoms with Gasteiger partial charge in [-0.3, -0.25) is 0 Å². The molecule has 0 fully saturated rings. The fourth-order valence-electron chi connectivity index (χ4n) is 2.69. The molecular formula is C16H25NO3S. The van der Waals surface area contributed by atoms with Gasteiger partial charge in [0.05, 0.1) is 10.5 Å². The molecule has 21 heavy (non-hydrogen) atoms. The molecule has 5 heteroatoms. The van der Waals surface area contributed by atoms with Crippen LogP contribution in [-0.4, -0.2) is 25.7 Å². The maximum atomic E-state index is 12.4. The first-order valence-electron chi connectivity index (χ1n) is 7.74. The standard InChI is InChI=1S/C16H25NO3S/c1-3-16(18,4-2)12-17-21(19,20)15-10-9-13-7-5-6-8-14(13)11-15/h9-11,17-18H,3-8,12H2,1-2H3. The molecule has 2 rings (SSSR count). The molecular weight excluding hydrogens is 286 g/mol. The minimum Gasteiger partial charge on any atom is -0.389 e. The second kappa shape index (κ2) is 6.46. The van der Waals surface area contributed by atoms with E-state index in [1.54, 1.807) is 12.1 Å². The molecule has 1 aromatic rings. The van der Waals surface area contributed by atoms with Crippen LogP contribution in [0.5, 0.6) is 0 Å². The molecule has 1 aliphatic rings. The molecule has 1 aliphatic carbocycles. The molecule has 0 aromatic heterocycles. The van der Waals surface area contributed by atoms with Gasteiger partial charge < -0.3 is 5.11 Å². The zero-order valence-corrected chi connectivity index (χ0v) is 13.7. The molecule has 0 unspecified atom stereocenters. The topological polar surface area (TPSA) is 66.4 Å². The predicted molar refractivity (Wildman–Crippen MR) is 83.8 cm³/mol. The van der Waals surface area contributed by atoms with Gasteiger partial charge in [0.2, 0.25) is 10.0 Å². The molecule has 0 aliphatic heterocycles. The lowest BCUT2D eigenvalue weighted by molar-refractivity contribution is 0.0377. The Morgan fingerprint density at radius 3 is 2.38 bits per heavy atom. The van der Waals surface area contributed by atoms with Gasteiger partial charge in [-0.15, -0.1) is 0 Å². The molecule has 1 aromatic carbocycles. The van der Waals surface area contributed by atoms with Gasteiger partial charge >= 0.3 is 0 Å². The molecule has 0 bridgehead atoms. The van der Waals surface area contributed by atoms with E-state index in [2.05, 4.69) is 4.72 Å². The number of hydrogen-bond donors (Lipinski definition) is 2. The first kappa shape index (κ1) is 16.5. The van der Waals surface area contributed by atoms with E-state index < -0.39 is 15.6 Å².